The molecule has 0 spiro atoms. The first-order valence-electron chi connectivity index (χ1n) is 9.87. The second kappa shape index (κ2) is 10.4. The lowest BCUT2D eigenvalue weighted by Crippen LogP contribution is -2.52. The Hall–Kier alpha value is -2.42. The van der Waals surface area contributed by atoms with Crippen LogP contribution in [0.4, 0.5) is 5.82 Å². The van der Waals surface area contributed by atoms with Crippen LogP contribution in [-0.2, 0) is 6.54 Å². The summed E-state index contributed by atoms with van der Waals surface area (Å²) in [5, 5.41) is 4.60. The van der Waals surface area contributed by atoms with Crippen LogP contribution in [-0.4, -0.2) is 53.6 Å². The van der Waals surface area contributed by atoms with E-state index < -0.39 is 0 Å². The van der Waals surface area contributed by atoms with Gasteiger partial charge in [-0.1, -0.05) is 30.3 Å². The van der Waals surface area contributed by atoms with Gasteiger partial charge < -0.3 is 15.1 Å². The Kier molecular flexibility index (Phi) is 7.62. The molecule has 0 amide bonds. The maximum absolute atomic E-state index is 4.91. The highest BCUT2D eigenvalue weighted by atomic mass is 127. The lowest BCUT2D eigenvalue weighted by molar-refractivity contribution is 0.371. The number of guanidine groups is 1. The minimum absolute atomic E-state index is 0. The van der Waals surface area contributed by atoms with Crippen LogP contribution in [0, 0.1) is 0 Å². The SMILES string of the molecule is CCNC(=NCc1cccc2cccnc12)N1CCN(c2ccccn2)CC1.I. The van der Waals surface area contributed by atoms with Crippen molar-refractivity contribution in [1.29, 1.82) is 0 Å². The monoisotopic (exact) mass is 502 g/mol. The number of aliphatic imine (C=N–C) groups is 1. The number of nitrogens with one attached hydrogen (secondary N) is 1. The fraction of sp³-hybridized carbons (Fsp3) is 0.318. The second-order valence-corrected chi connectivity index (χ2v) is 6.82. The quantitative estimate of drug-likeness (QED) is 0.336. The third-order valence-corrected chi connectivity index (χ3v) is 5.00. The van der Waals surface area contributed by atoms with Crippen LogP contribution in [0.15, 0.2) is 65.9 Å². The molecule has 1 aromatic carbocycles. The highest BCUT2D eigenvalue weighted by Crippen LogP contribution is 2.17. The smallest absolute Gasteiger partial charge is 0.194 e. The normalized spacial score (nSPS) is 14.6. The van der Waals surface area contributed by atoms with Crippen molar-refractivity contribution in [2.75, 3.05) is 37.6 Å². The maximum atomic E-state index is 4.91. The van der Waals surface area contributed by atoms with Gasteiger partial charge in [-0.3, -0.25) is 4.98 Å². The summed E-state index contributed by atoms with van der Waals surface area (Å²) in [7, 11) is 0. The first kappa shape index (κ1) is 21.3. The number of fused-ring (bicyclic) bond motifs is 1. The predicted octanol–water partition coefficient (Wildman–Crippen LogP) is 3.54. The molecule has 1 N–H and O–H groups in total. The van der Waals surface area contributed by atoms with Crippen LogP contribution in [0.2, 0.25) is 0 Å². The van der Waals surface area contributed by atoms with Gasteiger partial charge in [-0.15, -0.1) is 24.0 Å². The molecule has 0 atom stereocenters. The molecule has 1 aliphatic heterocycles. The number of para-hydroxylation sites is 1. The van der Waals surface area contributed by atoms with Gasteiger partial charge in [0.15, 0.2) is 5.96 Å². The number of piperazine rings is 1. The van der Waals surface area contributed by atoms with Crippen molar-refractivity contribution in [2.45, 2.75) is 13.5 Å². The standard InChI is InChI=1S/C22H26N6.HI/c1-2-23-22(26-17-19-8-5-7-18-9-6-12-25-21(18)19)28-15-13-27(14-16-28)20-10-3-4-11-24-20;/h3-12H,2,13-17H2,1H3,(H,23,26);1H. The highest BCUT2D eigenvalue weighted by molar-refractivity contribution is 14.0. The number of nitrogens with zero attached hydrogens (tertiary/aromatic N) is 5. The minimum atomic E-state index is 0. The molecule has 1 aliphatic rings. The fourth-order valence-electron chi connectivity index (χ4n) is 3.57. The van der Waals surface area contributed by atoms with Crippen molar-refractivity contribution in [2.24, 2.45) is 4.99 Å². The zero-order chi connectivity index (χ0) is 19.2. The summed E-state index contributed by atoms with van der Waals surface area (Å²) >= 11 is 0. The molecule has 0 saturated carbocycles. The van der Waals surface area contributed by atoms with Crippen molar-refractivity contribution in [1.82, 2.24) is 20.2 Å². The van der Waals surface area contributed by atoms with Crippen LogP contribution in [0.1, 0.15) is 12.5 Å². The molecule has 7 heteroatoms. The molecule has 152 valence electrons. The molecule has 3 aromatic rings. The number of hydrogen-bond acceptors (Lipinski definition) is 4. The molecular formula is C22H27IN6. The van der Waals surface area contributed by atoms with Crippen LogP contribution in [0.25, 0.3) is 10.9 Å². The highest BCUT2D eigenvalue weighted by Gasteiger charge is 2.20. The Balaban J connectivity index is 0.00000240. The summed E-state index contributed by atoms with van der Waals surface area (Å²) in [6.45, 7) is 7.32. The van der Waals surface area contributed by atoms with Crippen molar-refractivity contribution < 1.29 is 0 Å². The van der Waals surface area contributed by atoms with E-state index in [-0.39, 0.29) is 24.0 Å². The number of hydrogen-bond donors (Lipinski definition) is 1. The Morgan fingerprint density at radius 2 is 1.76 bits per heavy atom. The predicted molar refractivity (Wildman–Crippen MR) is 130 cm³/mol. The molecule has 1 saturated heterocycles. The molecule has 6 nitrogen and oxygen atoms in total. The molecule has 0 bridgehead atoms. The Labute approximate surface area is 189 Å². The molecule has 3 heterocycles. The summed E-state index contributed by atoms with van der Waals surface area (Å²) in [6, 6.07) is 16.4. The molecular weight excluding hydrogens is 475 g/mol. The van der Waals surface area contributed by atoms with Gasteiger partial charge in [0.25, 0.3) is 0 Å². The van der Waals surface area contributed by atoms with Gasteiger partial charge in [0.2, 0.25) is 0 Å². The topological polar surface area (TPSA) is 56.7 Å². The van der Waals surface area contributed by atoms with Crippen LogP contribution in [0.3, 0.4) is 0 Å². The lowest BCUT2D eigenvalue weighted by atomic mass is 10.1. The van der Waals surface area contributed by atoms with Gasteiger partial charge in [-0.05, 0) is 30.7 Å². The van der Waals surface area contributed by atoms with E-state index in [2.05, 4.69) is 62.3 Å². The van der Waals surface area contributed by atoms with E-state index in [9.17, 15) is 0 Å². The van der Waals surface area contributed by atoms with E-state index in [1.165, 1.54) is 0 Å². The number of halogens is 1. The van der Waals surface area contributed by atoms with Gasteiger partial charge in [0.1, 0.15) is 5.82 Å². The van der Waals surface area contributed by atoms with Gasteiger partial charge >= 0.3 is 0 Å². The van der Waals surface area contributed by atoms with Crippen LogP contribution < -0.4 is 10.2 Å². The van der Waals surface area contributed by atoms with E-state index in [0.29, 0.717) is 6.54 Å². The van der Waals surface area contributed by atoms with Crippen molar-refractivity contribution in [3.8, 4) is 0 Å². The van der Waals surface area contributed by atoms with Gasteiger partial charge in [-0.25, -0.2) is 9.98 Å². The van der Waals surface area contributed by atoms with Crippen molar-refractivity contribution in [3.63, 3.8) is 0 Å². The number of aromatic nitrogens is 2. The van der Waals surface area contributed by atoms with E-state index in [1.54, 1.807) is 0 Å². The molecule has 0 unspecified atom stereocenters. The zero-order valence-corrected chi connectivity index (χ0v) is 19.0. The number of anilines is 1. The molecule has 1 fully saturated rings. The first-order valence-corrected chi connectivity index (χ1v) is 9.87. The number of benzene rings is 1. The summed E-state index contributed by atoms with van der Waals surface area (Å²) < 4.78 is 0. The Morgan fingerprint density at radius 1 is 0.966 bits per heavy atom. The molecule has 4 rings (SSSR count). The minimum Gasteiger partial charge on any atom is -0.357 e. The zero-order valence-electron chi connectivity index (χ0n) is 16.7. The third-order valence-electron chi connectivity index (χ3n) is 5.00. The van der Waals surface area contributed by atoms with Gasteiger partial charge in [0, 0.05) is 50.5 Å². The summed E-state index contributed by atoms with van der Waals surface area (Å²) in [5.74, 6) is 2.02. The van der Waals surface area contributed by atoms with Gasteiger partial charge in [0.05, 0.1) is 12.1 Å². The third kappa shape index (κ3) is 5.14. The summed E-state index contributed by atoms with van der Waals surface area (Å²) in [5.41, 5.74) is 2.19. The van der Waals surface area contributed by atoms with E-state index in [1.807, 2.05) is 30.6 Å². The van der Waals surface area contributed by atoms with Crippen LogP contribution in [0.5, 0.6) is 0 Å². The van der Waals surface area contributed by atoms with E-state index in [4.69, 9.17) is 4.99 Å². The maximum Gasteiger partial charge on any atom is 0.194 e. The Bertz CT molecular complexity index is 933. The number of rotatable bonds is 4. The van der Waals surface area contributed by atoms with E-state index >= 15 is 0 Å². The Morgan fingerprint density at radius 3 is 2.52 bits per heavy atom. The van der Waals surface area contributed by atoms with Crippen molar-refractivity contribution in [3.05, 3.63) is 66.5 Å². The van der Waals surface area contributed by atoms with E-state index in [0.717, 1.165) is 61.0 Å². The molecule has 2 aromatic heterocycles. The molecule has 0 aliphatic carbocycles. The number of pyridine rings is 2. The van der Waals surface area contributed by atoms with Gasteiger partial charge in [-0.2, -0.15) is 0 Å². The largest absolute Gasteiger partial charge is 0.357 e. The summed E-state index contributed by atoms with van der Waals surface area (Å²) in [4.78, 5) is 18.6. The average Bonchev–Trinajstić information content (AvgIpc) is 2.77. The lowest BCUT2D eigenvalue weighted by Gasteiger charge is -2.37. The van der Waals surface area contributed by atoms with Crippen LogP contribution >= 0.6 is 24.0 Å². The molecule has 29 heavy (non-hydrogen) atoms. The fourth-order valence-corrected chi connectivity index (χ4v) is 3.57. The second-order valence-electron chi connectivity index (χ2n) is 6.82. The van der Waals surface area contributed by atoms with Crippen molar-refractivity contribution >= 4 is 46.7 Å². The average molecular weight is 502 g/mol. The first-order chi connectivity index (χ1) is 13.8. The summed E-state index contributed by atoms with van der Waals surface area (Å²) in [6.07, 6.45) is 3.70. The molecule has 0 radical (unpaired) electrons.